The van der Waals surface area contributed by atoms with Gasteiger partial charge in [0, 0.05) is 3.57 Å². The van der Waals surface area contributed by atoms with Crippen molar-refractivity contribution in [2.75, 3.05) is 12.8 Å². The van der Waals surface area contributed by atoms with E-state index in [1.165, 1.54) is 0 Å². The van der Waals surface area contributed by atoms with Crippen LogP contribution in [0.3, 0.4) is 0 Å². The van der Waals surface area contributed by atoms with Crippen LogP contribution in [0.25, 0.3) is 11.4 Å². The van der Waals surface area contributed by atoms with Crippen molar-refractivity contribution in [3.05, 3.63) is 21.8 Å². The van der Waals surface area contributed by atoms with Crippen LogP contribution in [-0.4, -0.2) is 22.3 Å². The zero-order valence-corrected chi connectivity index (χ0v) is 10.1. The highest BCUT2D eigenvalue weighted by atomic mass is 127. The number of rotatable bonds is 2. The molecule has 5 nitrogen and oxygen atoms in total. The van der Waals surface area contributed by atoms with Crippen molar-refractivity contribution in [2.24, 2.45) is 0 Å². The maximum Gasteiger partial charge on any atom is 0.239 e. The number of halogens is 1. The third-order valence-corrected chi connectivity index (χ3v) is 2.59. The summed E-state index contributed by atoms with van der Waals surface area (Å²) in [6.45, 7) is 0. The topological polar surface area (TPSA) is 76.8 Å². The monoisotopic (exact) mass is 316 g/mol. The number of hydrogen-bond donors (Lipinski definition) is 2. The molecule has 0 saturated carbocycles. The Balaban J connectivity index is 2.55. The van der Waals surface area contributed by atoms with Crippen molar-refractivity contribution in [1.29, 1.82) is 0 Å². The molecule has 0 radical (unpaired) electrons. The minimum Gasteiger partial charge on any atom is -0.496 e. The molecule has 0 fully saturated rings. The normalized spacial score (nSPS) is 10.3. The predicted octanol–water partition coefficient (Wildman–Crippen LogP) is 1.67. The molecule has 0 amide bonds. The van der Waals surface area contributed by atoms with E-state index >= 15 is 0 Å². The highest BCUT2D eigenvalue weighted by Crippen LogP contribution is 2.28. The number of nitrogen functional groups attached to an aromatic ring is 1. The van der Waals surface area contributed by atoms with E-state index in [1.807, 2.05) is 18.2 Å². The SMILES string of the molecule is COc1ccc(I)cc1-c1nc(N)n[nH]1. The van der Waals surface area contributed by atoms with Gasteiger partial charge in [-0.15, -0.1) is 5.10 Å². The molecule has 1 aromatic heterocycles. The first-order valence-corrected chi connectivity index (χ1v) is 5.30. The molecule has 78 valence electrons. The second kappa shape index (κ2) is 4.05. The van der Waals surface area contributed by atoms with Crippen molar-refractivity contribution in [3.63, 3.8) is 0 Å². The molecule has 0 aliphatic carbocycles. The minimum absolute atomic E-state index is 0.228. The summed E-state index contributed by atoms with van der Waals surface area (Å²) in [6.07, 6.45) is 0. The van der Waals surface area contributed by atoms with Crippen molar-refractivity contribution in [1.82, 2.24) is 15.2 Å². The molecular weight excluding hydrogens is 307 g/mol. The highest BCUT2D eigenvalue weighted by molar-refractivity contribution is 14.1. The zero-order chi connectivity index (χ0) is 10.8. The smallest absolute Gasteiger partial charge is 0.239 e. The average molecular weight is 316 g/mol. The number of methoxy groups -OCH3 is 1. The van der Waals surface area contributed by atoms with Gasteiger partial charge in [-0.1, -0.05) is 0 Å². The summed E-state index contributed by atoms with van der Waals surface area (Å²) in [4.78, 5) is 4.06. The lowest BCUT2D eigenvalue weighted by Gasteiger charge is -2.05. The van der Waals surface area contributed by atoms with E-state index in [9.17, 15) is 0 Å². The number of H-pyrrole nitrogens is 1. The number of nitrogens with zero attached hydrogens (tertiary/aromatic N) is 2. The van der Waals surface area contributed by atoms with E-state index in [0.717, 1.165) is 14.9 Å². The first-order valence-electron chi connectivity index (χ1n) is 4.22. The molecular formula is C9H9IN4O. The van der Waals surface area contributed by atoms with Crippen molar-refractivity contribution >= 4 is 28.5 Å². The van der Waals surface area contributed by atoms with Gasteiger partial charge in [-0.2, -0.15) is 4.98 Å². The molecule has 2 aromatic rings. The van der Waals surface area contributed by atoms with Gasteiger partial charge in [-0.05, 0) is 40.8 Å². The lowest BCUT2D eigenvalue weighted by molar-refractivity contribution is 0.416. The fourth-order valence-electron chi connectivity index (χ4n) is 1.26. The van der Waals surface area contributed by atoms with Crippen LogP contribution in [0.1, 0.15) is 0 Å². The van der Waals surface area contributed by atoms with Crippen molar-refractivity contribution < 1.29 is 4.74 Å². The maximum atomic E-state index is 5.45. The summed E-state index contributed by atoms with van der Waals surface area (Å²) in [6, 6.07) is 5.80. The second-order valence-corrected chi connectivity index (χ2v) is 4.13. The number of hydrogen-bond acceptors (Lipinski definition) is 4. The molecule has 0 aliphatic rings. The van der Waals surface area contributed by atoms with Crippen molar-refractivity contribution in [3.8, 4) is 17.1 Å². The van der Waals surface area contributed by atoms with Crippen LogP contribution in [0.15, 0.2) is 18.2 Å². The van der Waals surface area contributed by atoms with Gasteiger partial charge in [0.2, 0.25) is 5.95 Å². The molecule has 0 bridgehead atoms. The molecule has 15 heavy (non-hydrogen) atoms. The molecule has 0 atom stereocenters. The third kappa shape index (κ3) is 2.04. The van der Waals surface area contributed by atoms with Crippen LogP contribution in [0, 0.1) is 3.57 Å². The summed E-state index contributed by atoms with van der Waals surface area (Å²) in [7, 11) is 1.62. The average Bonchev–Trinajstić information content (AvgIpc) is 2.65. The number of anilines is 1. The van der Waals surface area contributed by atoms with Crippen LogP contribution in [0.5, 0.6) is 5.75 Å². The number of ether oxygens (including phenoxy) is 1. The number of aromatic amines is 1. The summed E-state index contributed by atoms with van der Waals surface area (Å²) in [5.41, 5.74) is 6.30. The summed E-state index contributed by atoms with van der Waals surface area (Å²) >= 11 is 2.22. The van der Waals surface area contributed by atoms with Crippen LogP contribution in [0.2, 0.25) is 0 Å². The fraction of sp³-hybridized carbons (Fsp3) is 0.111. The van der Waals surface area contributed by atoms with Gasteiger partial charge in [0.25, 0.3) is 0 Å². The number of nitrogens with two attached hydrogens (primary N) is 1. The summed E-state index contributed by atoms with van der Waals surface area (Å²) in [5, 5.41) is 6.54. The minimum atomic E-state index is 0.228. The Labute approximate surface area is 100 Å². The van der Waals surface area contributed by atoms with Crippen LogP contribution in [0.4, 0.5) is 5.95 Å². The fourth-order valence-corrected chi connectivity index (χ4v) is 1.75. The van der Waals surface area contributed by atoms with E-state index in [0.29, 0.717) is 5.82 Å². The standard InChI is InChI=1S/C9H9IN4O/c1-15-7-3-2-5(10)4-6(7)8-12-9(11)14-13-8/h2-4H,1H3,(H3,11,12,13,14). The molecule has 0 unspecified atom stereocenters. The summed E-state index contributed by atoms with van der Waals surface area (Å²) < 4.78 is 6.33. The molecule has 3 N–H and O–H groups in total. The Morgan fingerprint density at radius 3 is 2.87 bits per heavy atom. The number of nitrogens with one attached hydrogen (secondary N) is 1. The largest absolute Gasteiger partial charge is 0.496 e. The first kappa shape index (κ1) is 10.2. The van der Waals surface area contributed by atoms with E-state index in [1.54, 1.807) is 7.11 Å². The number of aromatic nitrogens is 3. The first-order chi connectivity index (χ1) is 7.20. The molecule has 1 aromatic carbocycles. The molecule has 6 heteroatoms. The second-order valence-electron chi connectivity index (χ2n) is 2.89. The molecule has 1 heterocycles. The quantitative estimate of drug-likeness (QED) is 0.826. The summed E-state index contributed by atoms with van der Waals surface area (Å²) in [5.74, 6) is 1.58. The lowest BCUT2D eigenvalue weighted by atomic mass is 10.2. The molecule has 0 saturated heterocycles. The highest BCUT2D eigenvalue weighted by Gasteiger charge is 2.10. The van der Waals surface area contributed by atoms with Gasteiger partial charge >= 0.3 is 0 Å². The molecule has 0 aliphatic heterocycles. The zero-order valence-electron chi connectivity index (χ0n) is 7.99. The van der Waals surface area contributed by atoms with Crippen molar-refractivity contribution in [2.45, 2.75) is 0 Å². The van der Waals surface area contributed by atoms with Gasteiger partial charge in [0.1, 0.15) is 5.75 Å². The van der Waals surface area contributed by atoms with Gasteiger partial charge in [0.05, 0.1) is 12.7 Å². The van der Waals surface area contributed by atoms with Gasteiger partial charge in [-0.25, -0.2) is 0 Å². The Morgan fingerprint density at radius 2 is 2.27 bits per heavy atom. The maximum absolute atomic E-state index is 5.45. The Bertz CT molecular complexity index is 483. The van der Waals surface area contributed by atoms with Gasteiger partial charge in [0.15, 0.2) is 5.82 Å². The Morgan fingerprint density at radius 1 is 1.47 bits per heavy atom. The molecule has 2 rings (SSSR count). The van der Waals surface area contributed by atoms with Gasteiger partial charge < -0.3 is 10.5 Å². The number of benzene rings is 1. The lowest BCUT2D eigenvalue weighted by Crippen LogP contribution is -1.90. The van der Waals surface area contributed by atoms with E-state index < -0.39 is 0 Å². The van der Waals surface area contributed by atoms with Crippen LogP contribution >= 0.6 is 22.6 Å². The van der Waals surface area contributed by atoms with E-state index in [2.05, 4.69) is 37.8 Å². The van der Waals surface area contributed by atoms with Gasteiger partial charge in [-0.3, -0.25) is 5.10 Å². The Kier molecular flexibility index (Phi) is 2.76. The van der Waals surface area contributed by atoms with Crippen LogP contribution < -0.4 is 10.5 Å². The molecule has 0 spiro atoms. The Hall–Kier alpha value is -1.31. The van der Waals surface area contributed by atoms with E-state index in [4.69, 9.17) is 10.5 Å². The predicted molar refractivity (Wildman–Crippen MR) is 65.5 cm³/mol. The van der Waals surface area contributed by atoms with Crippen LogP contribution in [-0.2, 0) is 0 Å². The third-order valence-electron chi connectivity index (χ3n) is 1.92. The van der Waals surface area contributed by atoms with E-state index in [-0.39, 0.29) is 5.95 Å².